The lowest BCUT2D eigenvalue weighted by atomic mass is 9.96. The summed E-state index contributed by atoms with van der Waals surface area (Å²) in [7, 11) is 0. The minimum atomic E-state index is -4.21. The number of halogens is 5. The summed E-state index contributed by atoms with van der Waals surface area (Å²) in [6, 6.07) is 9.02. The molecule has 2 N–H and O–H groups in total. The van der Waals surface area contributed by atoms with Gasteiger partial charge in [0.2, 0.25) is 5.95 Å². The van der Waals surface area contributed by atoms with E-state index in [1.165, 1.54) is 30.6 Å². The molecule has 0 atom stereocenters. The Morgan fingerprint density at radius 1 is 1.09 bits per heavy atom. The van der Waals surface area contributed by atoms with Gasteiger partial charge in [-0.1, -0.05) is 12.1 Å². The van der Waals surface area contributed by atoms with Crippen LogP contribution in [0.3, 0.4) is 0 Å². The Morgan fingerprint density at radius 2 is 1.79 bits per heavy atom. The highest BCUT2D eigenvalue weighted by Crippen LogP contribution is 2.35. The van der Waals surface area contributed by atoms with Crippen LogP contribution in [0.2, 0.25) is 0 Å². The van der Waals surface area contributed by atoms with Crippen molar-refractivity contribution in [2.24, 2.45) is 5.92 Å². The Kier molecular flexibility index (Phi) is 6.66. The fraction of sp³-hybridized carbons (Fsp3) is 0.318. The van der Waals surface area contributed by atoms with Crippen LogP contribution in [0, 0.1) is 5.92 Å². The number of H-pyrrole nitrogens is 1. The Balaban J connectivity index is 1.49. The molecule has 3 heterocycles. The number of anilines is 3. The molecule has 12 heteroatoms. The Bertz CT molecular complexity index is 1180. The summed E-state index contributed by atoms with van der Waals surface area (Å²) >= 11 is 0. The second kappa shape index (κ2) is 9.65. The third-order valence-corrected chi connectivity index (χ3v) is 5.46. The largest absolute Gasteiger partial charge is 0.435 e. The van der Waals surface area contributed by atoms with E-state index in [0.717, 1.165) is 0 Å². The van der Waals surface area contributed by atoms with Gasteiger partial charge in [0.1, 0.15) is 17.3 Å². The zero-order chi connectivity index (χ0) is 24.3. The molecule has 180 valence electrons. The quantitative estimate of drug-likeness (QED) is 0.485. The summed E-state index contributed by atoms with van der Waals surface area (Å²) in [6.07, 6.45) is -1.34. The molecule has 1 aromatic carbocycles. The van der Waals surface area contributed by atoms with E-state index >= 15 is 0 Å². The number of ether oxygens (including phenoxy) is 1. The third-order valence-electron chi connectivity index (χ3n) is 5.46. The first-order valence-electron chi connectivity index (χ1n) is 10.4. The minimum absolute atomic E-state index is 0.00862. The smallest absolute Gasteiger partial charge is 0.391 e. The van der Waals surface area contributed by atoms with Crippen LogP contribution < -0.4 is 20.5 Å². The molecule has 0 radical (unpaired) electrons. The number of hydrogen-bond donors (Lipinski definition) is 2. The standard InChI is InChI=1S/C22H20F5N5O2/c23-20(24)34-16-3-1-13(2-4-16)14-11-17(19(33)29-12-14)30-18-5-8-28-21(31-18)32-9-6-15(7-10-32)22(25,26)27/h1-5,8,11-12,15,20H,6-7,9-10H2,(H,29,33)(H,28,30,31). The van der Waals surface area contributed by atoms with Gasteiger partial charge in [-0.3, -0.25) is 4.79 Å². The number of piperidine rings is 1. The normalized spacial score (nSPS) is 14.9. The van der Waals surface area contributed by atoms with Crippen LogP contribution in [0.5, 0.6) is 5.75 Å². The molecule has 0 spiro atoms. The molecule has 1 saturated heterocycles. The van der Waals surface area contributed by atoms with Gasteiger partial charge in [0.05, 0.1) is 5.92 Å². The average Bonchev–Trinajstić information content (AvgIpc) is 2.80. The van der Waals surface area contributed by atoms with Crippen LogP contribution in [-0.4, -0.2) is 40.8 Å². The predicted molar refractivity (Wildman–Crippen MR) is 115 cm³/mol. The Morgan fingerprint density at radius 3 is 2.44 bits per heavy atom. The molecule has 0 saturated carbocycles. The maximum absolute atomic E-state index is 12.9. The number of rotatable bonds is 6. The fourth-order valence-electron chi connectivity index (χ4n) is 3.69. The topological polar surface area (TPSA) is 83.1 Å². The second-order valence-electron chi connectivity index (χ2n) is 7.70. The molecular weight excluding hydrogens is 461 g/mol. The molecule has 2 aromatic heterocycles. The molecule has 1 aliphatic rings. The van der Waals surface area contributed by atoms with Gasteiger partial charge >= 0.3 is 12.8 Å². The monoisotopic (exact) mass is 481 g/mol. The van der Waals surface area contributed by atoms with Crippen molar-refractivity contribution < 1.29 is 26.7 Å². The third kappa shape index (κ3) is 5.61. The summed E-state index contributed by atoms with van der Waals surface area (Å²) in [5.41, 5.74) is 1.00. The van der Waals surface area contributed by atoms with Gasteiger partial charge in [0.15, 0.2) is 0 Å². The zero-order valence-electron chi connectivity index (χ0n) is 17.6. The van der Waals surface area contributed by atoms with E-state index in [4.69, 9.17) is 0 Å². The molecule has 4 rings (SSSR count). The van der Waals surface area contributed by atoms with Gasteiger partial charge in [-0.25, -0.2) is 4.98 Å². The maximum atomic E-state index is 12.9. The molecule has 0 unspecified atom stereocenters. The van der Waals surface area contributed by atoms with E-state index in [-0.39, 0.29) is 43.3 Å². The molecule has 0 aliphatic carbocycles. The number of aromatic nitrogens is 3. The number of alkyl halides is 5. The molecule has 7 nitrogen and oxygen atoms in total. The van der Waals surface area contributed by atoms with E-state index in [2.05, 4.69) is 25.0 Å². The number of aromatic amines is 1. The zero-order valence-corrected chi connectivity index (χ0v) is 17.6. The van der Waals surface area contributed by atoms with Crippen molar-refractivity contribution in [3.05, 3.63) is 59.1 Å². The number of nitrogens with one attached hydrogen (secondary N) is 2. The molecule has 0 bridgehead atoms. The molecule has 0 amide bonds. The predicted octanol–water partition coefficient (Wildman–Crippen LogP) is 4.96. The lowest BCUT2D eigenvalue weighted by molar-refractivity contribution is -0.179. The van der Waals surface area contributed by atoms with Crippen molar-refractivity contribution in [3.8, 4) is 16.9 Å². The van der Waals surface area contributed by atoms with Gasteiger partial charge in [-0.05, 0) is 42.7 Å². The highest BCUT2D eigenvalue weighted by atomic mass is 19.4. The highest BCUT2D eigenvalue weighted by molar-refractivity contribution is 5.69. The van der Waals surface area contributed by atoms with Gasteiger partial charge in [0, 0.05) is 31.0 Å². The number of hydrogen-bond acceptors (Lipinski definition) is 6. The van der Waals surface area contributed by atoms with Crippen molar-refractivity contribution in [1.29, 1.82) is 0 Å². The van der Waals surface area contributed by atoms with Gasteiger partial charge < -0.3 is 19.9 Å². The number of nitrogens with zero attached hydrogens (tertiary/aromatic N) is 3. The summed E-state index contributed by atoms with van der Waals surface area (Å²) in [5.74, 6) is -0.754. The van der Waals surface area contributed by atoms with E-state index < -0.39 is 24.3 Å². The van der Waals surface area contributed by atoms with Crippen LogP contribution in [0.15, 0.2) is 53.6 Å². The molecule has 3 aromatic rings. The van der Waals surface area contributed by atoms with Crippen molar-refractivity contribution >= 4 is 17.5 Å². The SMILES string of the molecule is O=c1[nH]cc(-c2ccc(OC(F)F)cc2)cc1Nc1ccnc(N2CCC(C(F)(F)F)CC2)n1. The van der Waals surface area contributed by atoms with E-state index in [1.807, 2.05) is 0 Å². The number of pyridine rings is 1. The summed E-state index contributed by atoms with van der Waals surface area (Å²) in [4.78, 5) is 25.1. The first-order chi connectivity index (χ1) is 16.2. The van der Waals surface area contributed by atoms with Crippen LogP contribution in [0.4, 0.5) is 39.4 Å². The summed E-state index contributed by atoms with van der Waals surface area (Å²) in [6.45, 7) is -2.58. The van der Waals surface area contributed by atoms with Gasteiger partial charge in [-0.15, -0.1) is 0 Å². The Hall–Kier alpha value is -3.70. The first-order valence-corrected chi connectivity index (χ1v) is 10.4. The molecule has 34 heavy (non-hydrogen) atoms. The van der Waals surface area contributed by atoms with E-state index in [1.54, 1.807) is 23.1 Å². The van der Waals surface area contributed by atoms with Gasteiger partial charge in [0.25, 0.3) is 5.56 Å². The Labute approximate surface area is 190 Å². The van der Waals surface area contributed by atoms with E-state index in [9.17, 15) is 26.7 Å². The van der Waals surface area contributed by atoms with Crippen molar-refractivity contribution in [3.63, 3.8) is 0 Å². The molecule has 1 aliphatic heterocycles. The number of benzene rings is 1. The molecular formula is C22H20F5N5O2. The second-order valence-corrected chi connectivity index (χ2v) is 7.70. The first kappa shape index (κ1) is 23.5. The van der Waals surface area contributed by atoms with Crippen molar-refractivity contribution in [2.75, 3.05) is 23.3 Å². The van der Waals surface area contributed by atoms with E-state index in [0.29, 0.717) is 16.9 Å². The van der Waals surface area contributed by atoms with Crippen molar-refractivity contribution in [2.45, 2.75) is 25.6 Å². The maximum Gasteiger partial charge on any atom is 0.391 e. The molecule has 1 fully saturated rings. The average molecular weight is 481 g/mol. The minimum Gasteiger partial charge on any atom is -0.435 e. The van der Waals surface area contributed by atoms with Crippen LogP contribution in [0.1, 0.15) is 12.8 Å². The lowest BCUT2D eigenvalue weighted by Gasteiger charge is -2.32. The fourth-order valence-corrected chi connectivity index (χ4v) is 3.69. The van der Waals surface area contributed by atoms with Crippen LogP contribution >= 0.6 is 0 Å². The summed E-state index contributed by atoms with van der Waals surface area (Å²) < 4.78 is 67.7. The summed E-state index contributed by atoms with van der Waals surface area (Å²) in [5, 5.41) is 2.91. The highest BCUT2D eigenvalue weighted by Gasteiger charge is 2.41. The lowest BCUT2D eigenvalue weighted by Crippen LogP contribution is -2.39. The van der Waals surface area contributed by atoms with Gasteiger partial charge in [-0.2, -0.15) is 26.9 Å². The van der Waals surface area contributed by atoms with Crippen LogP contribution in [0.25, 0.3) is 11.1 Å². The van der Waals surface area contributed by atoms with Crippen molar-refractivity contribution in [1.82, 2.24) is 15.0 Å². The van der Waals surface area contributed by atoms with Crippen LogP contribution in [-0.2, 0) is 0 Å².